The summed E-state index contributed by atoms with van der Waals surface area (Å²) >= 11 is 1.81. The van der Waals surface area contributed by atoms with Gasteiger partial charge in [0.25, 0.3) is 0 Å². The Morgan fingerprint density at radius 1 is 1.19 bits per heavy atom. The van der Waals surface area contributed by atoms with Gasteiger partial charge in [-0.15, -0.1) is 11.3 Å². The van der Waals surface area contributed by atoms with Crippen LogP contribution in [0.3, 0.4) is 0 Å². The molecule has 1 heterocycles. The summed E-state index contributed by atoms with van der Waals surface area (Å²) in [7, 11) is 0. The van der Waals surface area contributed by atoms with E-state index in [1.54, 1.807) is 13.0 Å². The van der Waals surface area contributed by atoms with Crippen LogP contribution in [0.5, 0.6) is 0 Å². The lowest BCUT2D eigenvalue weighted by Crippen LogP contribution is -2.21. The van der Waals surface area contributed by atoms with Crippen LogP contribution in [-0.2, 0) is 5.41 Å². The van der Waals surface area contributed by atoms with Crippen molar-refractivity contribution in [3.8, 4) is 0 Å². The van der Waals surface area contributed by atoms with E-state index in [0.29, 0.717) is 5.56 Å². The number of nitrogens with one attached hydrogen (secondary N) is 1. The number of rotatable bonds is 4. The van der Waals surface area contributed by atoms with Crippen molar-refractivity contribution in [1.82, 2.24) is 5.32 Å². The molecule has 1 nitrogen and oxygen atoms in total. The van der Waals surface area contributed by atoms with Gasteiger partial charge in [-0.3, -0.25) is 0 Å². The molecule has 21 heavy (non-hydrogen) atoms. The van der Waals surface area contributed by atoms with Crippen LogP contribution in [0.1, 0.15) is 54.6 Å². The first-order valence-corrected chi connectivity index (χ1v) is 8.24. The number of halogens is 1. The molecule has 1 aromatic heterocycles. The van der Waals surface area contributed by atoms with Gasteiger partial charge in [0, 0.05) is 9.75 Å². The Bertz CT molecular complexity index is 610. The largest absolute Gasteiger partial charge is 0.306 e. The Kier molecular flexibility index (Phi) is 4.84. The summed E-state index contributed by atoms with van der Waals surface area (Å²) in [6.45, 7) is 11.4. The first-order chi connectivity index (χ1) is 9.82. The molecule has 0 saturated heterocycles. The Balaban J connectivity index is 2.38. The number of aryl methyl sites for hydroxylation is 1. The fourth-order valence-electron chi connectivity index (χ4n) is 2.29. The zero-order chi connectivity index (χ0) is 15.6. The highest BCUT2D eigenvalue weighted by molar-refractivity contribution is 7.12. The quantitative estimate of drug-likeness (QED) is 0.819. The van der Waals surface area contributed by atoms with Crippen LogP contribution in [0.2, 0.25) is 0 Å². The third-order valence-corrected chi connectivity index (χ3v) is 5.16. The van der Waals surface area contributed by atoms with E-state index in [4.69, 9.17) is 0 Å². The lowest BCUT2D eigenvalue weighted by molar-refractivity contribution is 0.600. The van der Waals surface area contributed by atoms with E-state index in [9.17, 15) is 4.39 Å². The average molecular weight is 305 g/mol. The van der Waals surface area contributed by atoms with E-state index in [1.807, 2.05) is 23.5 Å². The minimum Gasteiger partial charge on any atom is -0.306 e. The maximum absolute atomic E-state index is 13.9. The maximum atomic E-state index is 13.9. The van der Waals surface area contributed by atoms with E-state index in [0.717, 1.165) is 12.1 Å². The molecule has 0 aliphatic rings. The van der Waals surface area contributed by atoms with E-state index in [1.165, 1.54) is 9.75 Å². The summed E-state index contributed by atoms with van der Waals surface area (Å²) in [5, 5.41) is 3.47. The summed E-state index contributed by atoms with van der Waals surface area (Å²) < 4.78 is 13.9. The minimum absolute atomic E-state index is 0.0613. The molecule has 2 aromatic rings. The van der Waals surface area contributed by atoms with Crippen LogP contribution in [0.4, 0.5) is 4.39 Å². The Labute approximate surface area is 131 Å². The molecule has 2 rings (SSSR count). The van der Waals surface area contributed by atoms with Gasteiger partial charge >= 0.3 is 0 Å². The van der Waals surface area contributed by atoms with Crippen LogP contribution in [-0.4, -0.2) is 6.54 Å². The van der Waals surface area contributed by atoms with Crippen LogP contribution in [0, 0.1) is 12.7 Å². The fourth-order valence-corrected chi connectivity index (χ4v) is 3.46. The molecule has 0 saturated carbocycles. The number of thiophene rings is 1. The first kappa shape index (κ1) is 16.2. The van der Waals surface area contributed by atoms with Crippen molar-refractivity contribution in [1.29, 1.82) is 0 Å². The lowest BCUT2D eigenvalue weighted by atomic mass is 9.95. The molecule has 1 unspecified atom stereocenters. The molecular formula is C18H24FNS. The normalized spacial score (nSPS) is 13.4. The topological polar surface area (TPSA) is 12.0 Å². The van der Waals surface area contributed by atoms with E-state index >= 15 is 0 Å². The molecule has 0 radical (unpaired) electrons. The fraction of sp³-hybridized carbons (Fsp3) is 0.444. The molecule has 0 spiro atoms. The Hall–Kier alpha value is -1.19. The second-order valence-electron chi connectivity index (χ2n) is 6.45. The third kappa shape index (κ3) is 3.72. The Morgan fingerprint density at radius 2 is 1.90 bits per heavy atom. The molecule has 1 atom stereocenters. The van der Waals surface area contributed by atoms with Gasteiger partial charge in [0.2, 0.25) is 0 Å². The summed E-state index contributed by atoms with van der Waals surface area (Å²) in [4.78, 5) is 2.60. The van der Waals surface area contributed by atoms with Crippen LogP contribution in [0.25, 0.3) is 0 Å². The van der Waals surface area contributed by atoms with Crippen molar-refractivity contribution in [2.75, 3.05) is 6.54 Å². The van der Waals surface area contributed by atoms with Gasteiger partial charge in [0.1, 0.15) is 5.82 Å². The van der Waals surface area contributed by atoms with Gasteiger partial charge in [-0.1, -0.05) is 39.8 Å². The number of hydrogen-bond acceptors (Lipinski definition) is 2. The zero-order valence-electron chi connectivity index (χ0n) is 13.5. The average Bonchev–Trinajstić information content (AvgIpc) is 2.89. The number of hydrogen-bond donors (Lipinski definition) is 1. The predicted molar refractivity (Wildman–Crippen MR) is 89.7 cm³/mol. The summed E-state index contributed by atoms with van der Waals surface area (Å²) in [6, 6.07) is 9.94. The van der Waals surface area contributed by atoms with Crippen molar-refractivity contribution in [2.24, 2.45) is 0 Å². The molecule has 0 bridgehead atoms. The first-order valence-electron chi connectivity index (χ1n) is 7.42. The van der Waals surface area contributed by atoms with Gasteiger partial charge < -0.3 is 5.32 Å². The van der Waals surface area contributed by atoms with Crippen LogP contribution >= 0.6 is 11.3 Å². The Morgan fingerprint density at radius 3 is 2.43 bits per heavy atom. The zero-order valence-corrected chi connectivity index (χ0v) is 14.3. The van der Waals surface area contributed by atoms with Gasteiger partial charge in [-0.05, 0) is 48.2 Å². The van der Waals surface area contributed by atoms with Crippen LogP contribution < -0.4 is 5.32 Å². The van der Waals surface area contributed by atoms with E-state index < -0.39 is 0 Å². The van der Waals surface area contributed by atoms with E-state index in [-0.39, 0.29) is 17.3 Å². The molecule has 0 aliphatic carbocycles. The standard InChI is InChI=1S/C18H24FNS/c1-6-20-17(13-8-7-12(2)14(19)11-13)15-9-10-16(21-15)18(3,4)5/h7-11,17,20H,6H2,1-5H3. The van der Waals surface area contributed by atoms with Crippen molar-refractivity contribution in [3.63, 3.8) is 0 Å². The van der Waals surface area contributed by atoms with Gasteiger partial charge in [0.05, 0.1) is 6.04 Å². The van der Waals surface area contributed by atoms with Gasteiger partial charge in [-0.2, -0.15) is 0 Å². The summed E-state index contributed by atoms with van der Waals surface area (Å²) in [5.74, 6) is -0.136. The van der Waals surface area contributed by atoms with Gasteiger partial charge in [-0.25, -0.2) is 4.39 Å². The molecule has 0 aliphatic heterocycles. The molecule has 3 heteroatoms. The van der Waals surface area contributed by atoms with Crippen molar-refractivity contribution in [2.45, 2.75) is 46.1 Å². The predicted octanol–water partition coefficient (Wildman–Crippen LogP) is 5.19. The highest BCUT2D eigenvalue weighted by Gasteiger charge is 2.21. The third-order valence-electron chi connectivity index (χ3n) is 3.59. The molecule has 114 valence electrons. The summed E-state index contributed by atoms with van der Waals surface area (Å²) in [5.41, 5.74) is 1.83. The highest BCUT2D eigenvalue weighted by atomic mass is 32.1. The smallest absolute Gasteiger partial charge is 0.126 e. The number of benzene rings is 1. The van der Waals surface area contributed by atoms with Crippen molar-refractivity contribution < 1.29 is 4.39 Å². The second-order valence-corrected chi connectivity index (χ2v) is 7.57. The van der Waals surface area contributed by atoms with Gasteiger partial charge in [0.15, 0.2) is 0 Å². The summed E-state index contributed by atoms with van der Waals surface area (Å²) in [6.07, 6.45) is 0. The highest BCUT2D eigenvalue weighted by Crippen LogP contribution is 2.35. The maximum Gasteiger partial charge on any atom is 0.126 e. The molecule has 1 N–H and O–H groups in total. The molecule has 1 aromatic carbocycles. The lowest BCUT2D eigenvalue weighted by Gasteiger charge is -2.19. The second kappa shape index (κ2) is 6.29. The van der Waals surface area contributed by atoms with E-state index in [2.05, 4.69) is 45.1 Å². The van der Waals surface area contributed by atoms with Crippen LogP contribution in [0.15, 0.2) is 30.3 Å². The van der Waals surface area contributed by atoms with Crippen molar-refractivity contribution in [3.05, 3.63) is 57.0 Å². The molecule has 0 fully saturated rings. The molecular weight excluding hydrogens is 281 g/mol. The monoisotopic (exact) mass is 305 g/mol. The SMILES string of the molecule is CCNC(c1ccc(C)c(F)c1)c1ccc(C(C)(C)C)s1. The molecule has 0 amide bonds. The minimum atomic E-state index is -0.136. The van der Waals surface area contributed by atoms with Crippen molar-refractivity contribution >= 4 is 11.3 Å².